The number of imidazole rings is 1. The average molecular weight is 500 g/mol. The fraction of sp³-hybridized carbons (Fsp3) is 0.0769. The molecule has 0 saturated heterocycles. The highest BCUT2D eigenvalue weighted by atomic mass is 19.4. The molecule has 10 heteroatoms. The Labute approximate surface area is 200 Å². The molecule has 0 aliphatic carbocycles. The van der Waals surface area contributed by atoms with Gasteiger partial charge in [-0.15, -0.1) is 13.2 Å². The number of benzene rings is 3. The molecule has 0 unspecified atom stereocenters. The number of rotatable bonds is 5. The summed E-state index contributed by atoms with van der Waals surface area (Å²) in [6, 6.07) is 15.1. The molecule has 0 radical (unpaired) electrons. The maximum absolute atomic E-state index is 14.9. The third kappa shape index (κ3) is 4.74. The molecule has 0 saturated carbocycles. The van der Waals surface area contributed by atoms with E-state index in [1.54, 1.807) is 23.0 Å². The van der Waals surface area contributed by atoms with Crippen LogP contribution < -0.4 is 9.30 Å². The quantitative estimate of drug-likeness (QED) is 0.220. The summed E-state index contributed by atoms with van der Waals surface area (Å²) in [5, 5.41) is 0. The van der Waals surface area contributed by atoms with Crippen LogP contribution >= 0.6 is 0 Å². The van der Waals surface area contributed by atoms with Gasteiger partial charge in [0, 0.05) is 11.6 Å². The third-order valence-corrected chi connectivity index (χ3v) is 5.52. The Morgan fingerprint density at radius 3 is 2.42 bits per heavy atom. The second-order valence-corrected chi connectivity index (χ2v) is 7.95. The lowest BCUT2D eigenvalue weighted by Gasteiger charge is -2.13. The summed E-state index contributed by atoms with van der Waals surface area (Å²) in [7, 11) is 0. The number of fused-ring (bicyclic) bond motifs is 1. The molecule has 0 fully saturated rings. The number of para-hydroxylation sites is 1. The number of aromatic nitrogens is 3. The van der Waals surface area contributed by atoms with Crippen molar-refractivity contribution < 1.29 is 35.6 Å². The van der Waals surface area contributed by atoms with Crippen LogP contribution in [0.3, 0.4) is 0 Å². The van der Waals surface area contributed by atoms with Crippen LogP contribution in [0, 0.1) is 17.5 Å². The van der Waals surface area contributed by atoms with Crippen LogP contribution in [0.25, 0.3) is 33.5 Å². The zero-order valence-electron chi connectivity index (χ0n) is 18.3. The topological polar surface area (TPSA) is 41.8 Å². The second kappa shape index (κ2) is 9.03. The van der Waals surface area contributed by atoms with Crippen molar-refractivity contribution in [1.29, 1.82) is 0 Å². The molecule has 0 amide bonds. The summed E-state index contributed by atoms with van der Waals surface area (Å²) in [5.74, 6) is -2.91. The first kappa shape index (κ1) is 23.4. The number of halogens is 6. The normalized spacial score (nSPS) is 11.7. The van der Waals surface area contributed by atoms with Crippen LogP contribution in [-0.4, -0.2) is 16.3 Å². The van der Waals surface area contributed by atoms with E-state index in [0.29, 0.717) is 11.0 Å². The number of pyridine rings is 1. The van der Waals surface area contributed by atoms with Gasteiger partial charge in [0.1, 0.15) is 28.4 Å². The number of alkyl halides is 3. The van der Waals surface area contributed by atoms with Gasteiger partial charge in [0.25, 0.3) is 0 Å². The second-order valence-electron chi connectivity index (χ2n) is 7.95. The van der Waals surface area contributed by atoms with Crippen LogP contribution in [0.4, 0.5) is 26.3 Å². The third-order valence-electron chi connectivity index (χ3n) is 5.52. The maximum Gasteiger partial charge on any atom is 0.573 e. The van der Waals surface area contributed by atoms with Gasteiger partial charge in [0.2, 0.25) is 0 Å². The van der Waals surface area contributed by atoms with E-state index in [0.717, 1.165) is 18.2 Å². The van der Waals surface area contributed by atoms with Gasteiger partial charge >= 0.3 is 6.36 Å². The minimum atomic E-state index is -4.88. The summed E-state index contributed by atoms with van der Waals surface area (Å²) in [5.41, 5.74) is 1.62. The van der Waals surface area contributed by atoms with Gasteiger partial charge in [-0.2, -0.15) is 4.57 Å². The molecule has 5 rings (SSSR count). The van der Waals surface area contributed by atoms with E-state index >= 15 is 0 Å². The van der Waals surface area contributed by atoms with E-state index in [9.17, 15) is 26.3 Å². The molecule has 4 nitrogen and oxygen atoms in total. The van der Waals surface area contributed by atoms with E-state index < -0.39 is 29.6 Å². The smallest absolute Gasteiger partial charge is 0.405 e. The van der Waals surface area contributed by atoms with Crippen molar-refractivity contribution in [2.24, 2.45) is 0 Å². The first-order valence-corrected chi connectivity index (χ1v) is 10.6. The molecule has 0 spiro atoms. The molecule has 1 N–H and O–H groups in total. The minimum absolute atomic E-state index is 0.0193. The summed E-state index contributed by atoms with van der Waals surface area (Å²) in [6.07, 6.45) is -1.59. The molecule has 0 aliphatic heterocycles. The van der Waals surface area contributed by atoms with Gasteiger partial charge < -0.3 is 9.72 Å². The zero-order chi connectivity index (χ0) is 25.4. The monoisotopic (exact) mass is 500 g/mol. The highest BCUT2D eigenvalue weighted by Crippen LogP contribution is 2.34. The van der Waals surface area contributed by atoms with Crippen LogP contribution in [0.2, 0.25) is 0 Å². The molecule has 2 heterocycles. The summed E-state index contributed by atoms with van der Waals surface area (Å²) in [6.45, 7) is 0.103. The molecule has 36 heavy (non-hydrogen) atoms. The zero-order valence-corrected chi connectivity index (χ0v) is 18.3. The highest BCUT2D eigenvalue weighted by Gasteiger charge is 2.32. The summed E-state index contributed by atoms with van der Waals surface area (Å²) in [4.78, 5) is 7.23. The Balaban J connectivity index is 1.42. The van der Waals surface area contributed by atoms with Crippen LogP contribution in [0.1, 0.15) is 5.56 Å². The number of H-pyrrole nitrogens is 1. The van der Waals surface area contributed by atoms with Gasteiger partial charge in [-0.05, 0) is 35.9 Å². The van der Waals surface area contributed by atoms with Crippen molar-refractivity contribution in [3.63, 3.8) is 0 Å². The van der Waals surface area contributed by atoms with Crippen molar-refractivity contribution >= 4 is 11.0 Å². The summed E-state index contributed by atoms with van der Waals surface area (Å²) < 4.78 is 86.6. The van der Waals surface area contributed by atoms with Crippen LogP contribution in [0.5, 0.6) is 5.75 Å². The fourth-order valence-electron chi connectivity index (χ4n) is 3.87. The SMILES string of the molecule is Fc1cc(-c2ccccc2OC(F)(F)F)ccc1C[n+]1ccc2nc(-c3cccc(F)c3F)[nH]c2c1. The number of nitrogens with one attached hydrogen (secondary N) is 1. The molecule has 0 aliphatic rings. The standard InChI is InChI=1S/C26H15F6N3O/c27-19-6-3-5-18(24(19)29)25-33-21-10-11-35(14-22(21)34-25)13-16-9-8-15(12-20(16)28)17-4-1-2-7-23(17)36-26(30,31)32/h1-12,14H,13H2/p+1. The Kier molecular flexibility index (Phi) is 5.87. The van der Waals surface area contributed by atoms with Gasteiger partial charge in [0.15, 0.2) is 30.6 Å². The van der Waals surface area contributed by atoms with Gasteiger partial charge in [-0.25, -0.2) is 18.2 Å². The maximum atomic E-state index is 14.9. The van der Waals surface area contributed by atoms with Crippen molar-refractivity contribution in [3.05, 3.63) is 102 Å². The Morgan fingerprint density at radius 1 is 0.861 bits per heavy atom. The lowest BCUT2D eigenvalue weighted by molar-refractivity contribution is -0.687. The molecule has 0 atom stereocenters. The van der Waals surface area contributed by atoms with Gasteiger partial charge in [0.05, 0.1) is 11.1 Å². The van der Waals surface area contributed by atoms with E-state index in [1.165, 1.54) is 42.5 Å². The first-order chi connectivity index (χ1) is 17.2. The Bertz CT molecular complexity index is 1580. The predicted octanol–water partition coefficient (Wildman–Crippen LogP) is 6.55. The van der Waals surface area contributed by atoms with E-state index in [2.05, 4.69) is 14.7 Å². The lowest BCUT2D eigenvalue weighted by atomic mass is 10.0. The molecule has 0 bridgehead atoms. The number of aromatic amines is 1. The van der Waals surface area contributed by atoms with E-state index in [1.807, 2.05) is 0 Å². The highest BCUT2D eigenvalue weighted by molar-refractivity contribution is 5.77. The van der Waals surface area contributed by atoms with Crippen molar-refractivity contribution in [3.8, 4) is 28.3 Å². The molecular formula is C26H16F6N3O+. The predicted molar refractivity (Wildman–Crippen MR) is 119 cm³/mol. The van der Waals surface area contributed by atoms with Crippen LogP contribution in [-0.2, 0) is 6.54 Å². The van der Waals surface area contributed by atoms with Crippen molar-refractivity contribution in [2.75, 3.05) is 0 Å². The number of ether oxygens (including phenoxy) is 1. The number of hydrogen-bond acceptors (Lipinski definition) is 2. The van der Waals surface area contributed by atoms with Crippen molar-refractivity contribution in [1.82, 2.24) is 9.97 Å². The summed E-state index contributed by atoms with van der Waals surface area (Å²) >= 11 is 0. The van der Waals surface area contributed by atoms with Gasteiger partial charge in [-0.3, -0.25) is 0 Å². The lowest BCUT2D eigenvalue weighted by Crippen LogP contribution is -2.33. The Hall–Kier alpha value is -4.34. The molecule has 182 valence electrons. The average Bonchev–Trinajstić information content (AvgIpc) is 3.25. The fourth-order valence-corrected chi connectivity index (χ4v) is 3.87. The minimum Gasteiger partial charge on any atom is -0.405 e. The van der Waals surface area contributed by atoms with E-state index in [-0.39, 0.29) is 34.6 Å². The van der Waals surface area contributed by atoms with Crippen molar-refractivity contribution in [2.45, 2.75) is 12.9 Å². The molecule has 5 aromatic rings. The Morgan fingerprint density at radius 2 is 1.64 bits per heavy atom. The first-order valence-electron chi connectivity index (χ1n) is 10.6. The molecule has 3 aromatic carbocycles. The molecular weight excluding hydrogens is 484 g/mol. The number of hydrogen-bond donors (Lipinski definition) is 1. The largest absolute Gasteiger partial charge is 0.573 e. The van der Waals surface area contributed by atoms with E-state index in [4.69, 9.17) is 0 Å². The van der Waals surface area contributed by atoms with Crippen LogP contribution in [0.15, 0.2) is 79.1 Å². The molecule has 2 aromatic heterocycles. The van der Waals surface area contributed by atoms with Gasteiger partial charge in [-0.1, -0.05) is 30.3 Å². The number of nitrogens with zero attached hydrogens (tertiary/aromatic N) is 2.